The molecule has 0 fully saturated rings. The summed E-state index contributed by atoms with van der Waals surface area (Å²) in [6, 6.07) is 10.2. The maximum atomic E-state index is 13.3. The number of fused-ring (bicyclic) bond motifs is 3. The molecule has 0 aliphatic carbocycles. The van der Waals surface area contributed by atoms with Gasteiger partial charge in [0, 0.05) is 29.3 Å². The highest BCUT2D eigenvalue weighted by molar-refractivity contribution is 5.95. The van der Waals surface area contributed by atoms with Crippen LogP contribution in [0.15, 0.2) is 55.1 Å². The van der Waals surface area contributed by atoms with Crippen LogP contribution in [0.5, 0.6) is 0 Å². The maximum Gasteiger partial charge on any atom is 0.183 e. The molecule has 5 rings (SSSR count). The van der Waals surface area contributed by atoms with Gasteiger partial charge < -0.3 is 0 Å². The van der Waals surface area contributed by atoms with Gasteiger partial charge in [-0.3, -0.25) is 9.55 Å². The van der Waals surface area contributed by atoms with Crippen LogP contribution >= 0.6 is 0 Å². The zero-order valence-electron chi connectivity index (χ0n) is 14.8. The standard InChI is InChI=1S/C20H15FN6/c1-12-13(2)27(16-7-5-15(21)6-8-16)19-17(12)20-24-18(25-26(20)11-23-19)14-4-3-9-22-10-14/h3-11H,1-2H3. The van der Waals surface area contributed by atoms with Crippen molar-refractivity contribution in [2.75, 3.05) is 0 Å². The molecule has 0 spiro atoms. The summed E-state index contributed by atoms with van der Waals surface area (Å²) in [6.45, 7) is 4.06. The van der Waals surface area contributed by atoms with E-state index in [1.807, 2.05) is 30.5 Å². The van der Waals surface area contributed by atoms with Crippen LogP contribution in [0.25, 0.3) is 33.8 Å². The molecule has 0 atom stereocenters. The lowest BCUT2D eigenvalue weighted by Crippen LogP contribution is -1.99. The third-order valence-corrected chi connectivity index (χ3v) is 4.84. The number of rotatable bonds is 2. The summed E-state index contributed by atoms with van der Waals surface area (Å²) in [5, 5.41) is 5.47. The van der Waals surface area contributed by atoms with Crippen LogP contribution < -0.4 is 0 Å². The zero-order valence-corrected chi connectivity index (χ0v) is 14.8. The van der Waals surface area contributed by atoms with Crippen molar-refractivity contribution in [3.05, 3.63) is 72.2 Å². The van der Waals surface area contributed by atoms with E-state index in [2.05, 4.69) is 15.1 Å². The number of benzene rings is 1. The van der Waals surface area contributed by atoms with Crippen molar-refractivity contribution in [2.24, 2.45) is 0 Å². The predicted octanol–water partition coefficient (Wildman–Crippen LogP) is 3.89. The number of pyridine rings is 1. The predicted molar refractivity (Wildman–Crippen MR) is 100 cm³/mol. The SMILES string of the molecule is Cc1c(C)n(-c2ccc(F)cc2)c2ncn3nc(-c4cccnc4)nc3c12. The van der Waals surface area contributed by atoms with E-state index in [0.29, 0.717) is 5.82 Å². The molecule has 0 saturated carbocycles. The van der Waals surface area contributed by atoms with Crippen LogP contribution in [0.1, 0.15) is 11.3 Å². The molecule has 0 unspecified atom stereocenters. The highest BCUT2D eigenvalue weighted by Crippen LogP contribution is 2.30. The monoisotopic (exact) mass is 358 g/mol. The second kappa shape index (κ2) is 5.70. The highest BCUT2D eigenvalue weighted by Gasteiger charge is 2.19. The van der Waals surface area contributed by atoms with Crippen molar-refractivity contribution < 1.29 is 4.39 Å². The minimum atomic E-state index is -0.265. The summed E-state index contributed by atoms with van der Waals surface area (Å²) in [5.41, 5.74) is 5.31. The van der Waals surface area contributed by atoms with Gasteiger partial charge in [0.25, 0.3) is 0 Å². The van der Waals surface area contributed by atoms with Gasteiger partial charge in [-0.1, -0.05) is 0 Å². The van der Waals surface area contributed by atoms with Crippen LogP contribution in [0, 0.1) is 19.7 Å². The third-order valence-electron chi connectivity index (χ3n) is 4.84. The molecule has 5 aromatic rings. The molecule has 7 heteroatoms. The topological polar surface area (TPSA) is 60.9 Å². The summed E-state index contributed by atoms with van der Waals surface area (Å²) in [6.07, 6.45) is 5.11. The van der Waals surface area contributed by atoms with E-state index in [4.69, 9.17) is 4.98 Å². The number of halogens is 1. The summed E-state index contributed by atoms with van der Waals surface area (Å²) < 4.78 is 17.0. The molecule has 27 heavy (non-hydrogen) atoms. The average Bonchev–Trinajstić information content (AvgIpc) is 3.23. The second-order valence-electron chi connectivity index (χ2n) is 6.41. The van der Waals surface area contributed by atoms with Gasteiger partial charge >= 0.3 is 0 Å². The van der Waals surface area contributed by atoms with Gasteiger partial charge in [0.2, 0.25) is 0 Å². The molecule has 0 aliphatic rings. The molecule has 4 heterocycles. The normalized spacial score (nSPS) is 11.5. The minimum Gasteiger partial charge on any atom is -0.298 e. The largest absolute Gasteiger partial charge is 0.298 e. The van der Waals surface area contributed by atoms with E-state index >= 15 is 0 Å². The van der Waals surface area contributed by atoms with Crippen molar-refractivity contribution in [1.29, 1.82) is 0 Å². The van der Waals surface area contributed by atoms with Crippen molar-refractivity contribution >= 4 is 16.7 Å². The Hall–Kier alpha value is -3.61. The first-order valence-corrected chi connectivity index (χ1v) is 8.53. The molecule has 4 aromatic heterocycles. The van der Waals surface area contributed by atoms with Gasteiger partial charge in [-0.05, 0) is 55.8 Å². The molecule has 0 aliphatic heterocycles. The van der Waals surface area contributed by atoms with Crippen molar-refractivity contribution in [2.45, 2.75) is 13.8 Å². The lowest BCUT2D eigenvalue weighted by molar-refractivity contribution is 0.627. The van der Waals surface area contributed by atoms with E-state index in [1.165, 1.54) is 12.1 Å². The Kier molecular flexibility index (Phi) is 3.30. The molecule has 1 aromatic carbocycles. The number of aryl methyl sites for hydroxylation is 1. The molecule has 132 valence electrons. The molecule has 0 amide bonds. The summed E-state index contributed by atoms with van der Waals surface area (Å²) in [5.74, 6) is 0.336. The fourth-order valence-electron chi connectivity index (χ4n) is 3.38. The summed E-state index contributed by atoms with van der Waals surface area (Å²) in [7, 11) is 0. The van der Waals surface area contributed by atoms with E-state index < -0.39 is 0 Å². The summed E-state index contributed by atoms with van der Waals surface area (Å²) in [4.78, 5) is 13.5. The van der Waals surface area contributed by atoms with Crippen molar-refractivity contribution in [3.8, 4) is 17.1 Å². The Labute approximate surface area is 154 Å². The van der Waals surface area contributed by atoms with Crippen LogP contribution in [-0.2, 0) is 0 Å². The Balaban J connectivity index is 1.80. The lowest BCUT2D eigenvalue weighted by atomic mass is 10.2. The Bertz CT molecular complexity index is 1290. The molecular formula is C20H15FN6. The third kappa shape index (κ3) is 2.32. The number of aromatic nitrogens is 6. The maximum absolute atomic E-state index is 13.3. The fraction of sp³-hybridized carbons (Fsp3) is 0.100. The zero-order chi connectivity index (χ0) is 18.5. The average molecular weight is 358 g/mol. The minimum absolute atomic E-state index is 0.265. The second-order valence-corrected chi connectivity index (χ2v) is 6.41. The molecular weight excluding hydrogens is 343 g/mol. The number of hydrogen-bond acceptors (Lipinski definition) is 4. The first-order valence-electron chi connectivity index (χ1n) is 8.53. The van der Waals surface area contributed by atoms with Crippen LogP contribution in [0.3, 0.4) is 0 Å². The first-order chi connectivity index (χ1) is 13.1. The van der Waals surface area contributed by atoms with E-state index in [1.54, 1.807) is 35.4 Å². The Morgan fingerprint density at radius 1 is 1.00 bits per heavy atom. The van der Waals surface area contributed by atoms with Gasteiger partial charge in [0.15, 0.2) is 17.1 Å². The number of hydrogen-bond donors (Lipinski definition) is 0. The first kappa shape index (κ1) is 15.6. The molecule has 0 saturated heterocycles. The van der Waals surface area contributed by atoms with E-state index in [9.17, 15) is 4.39 Å². The lowest BCUT2D eigenvalue weighted by Gasteiger charge is -2.07. The van der Waals surface area contributed by atoms with Gasteiger partial charge in [0.05, 0.1) is 5.39 Å². The molecule has 6 nitrogen and oxygen atoms in total. The van der Waals surface area contributed by atoms with Crippen molar-refractivity contribution in [1.82, 2.24) is 29.1 Å². The van der Waals surface area contributed by atoms with Gasteiger partial charge in [-0.2, -0.15) is 0 Å². The highest BCUT2D eigenvalue weighted by atomic mass is 19.1. The van der Waals surface area contributed by atoms with Crippen LogP contribution in [-0.4, -0.2) is 29.1 Å². The van der Waals surface area contributed by atoms with Crippen molar-refractivity contribution in [3.63, 3.8) is 0 Å². The van der Waals surface area contributed by atoms with Gasteiger partial charge in [-0.15, -0.1) is 5.10 Å². The fourth-order valence-corrected chi connectivity index (χ4v) is 3.38. The molecule has 0 N–H and O–H groups in total. The smallest absolute Gasteiger partial charge is 0.183 e. The molecule has 0 bridgehead atoms. The number of nitrogens with zero attached hydrogens (tertiary/aromatic N) is 6. The van der Waals surface area contributed by atoms with E-state index in [0.717, 1.165) is 39.2 Å². The van der Waals surface area contributed by atoms with Gasteiger partial charge in [0.1, 0.15) is 12.1 Å². The van der Waals surface area contributed by atoms with Crippen LogP contribution in [0.2, 0.25) is 0 Å². The Morgan fingerprint density at radius 2 is 1.81 bits per heavy atom. The quantitative estimate of drug-likeness (QED) is 0.480. The van der Waals surface area contributed by atoms with E-state index in [-0.39, 0.29) is 5.82 Å². The molecule has 0 radical (unpaired) electrons. The Morgan fingerprint density at radius 3 is 2.56 bits per heavy atom. The van der Waals surface area contributed by atoms with Crippen LogP contribution in [0.4, 0.5) is 4.39 Å². The summed E-state index contributed by atoms with van der Waals surface area (Å²) >= 11 is 0. The van der Waals surface area contributed by atoms with Gasteiger partial charge in [-0.25, -0.2) is 18.9 Å².